The van der Waals surface area contributed by atoms with Crippen LogP contribution in [0.15, 0.2) is 58.3 Å². The molecule has 0 saturated heterocycles. The van der Waals surface area contributed by atoms with Crippen LogP contribution in [-0.2, 0) is 6.61 Å². The molecule has 1 aliphatic heterocycles. The Bertz CT molecular complexity index is 1100. The number of fused-ring (bicyclic) bond motifs is 1. The summed E-state index contributed by atoms with van der Waals surface area (Å²) in [6.45, 7) is 6.52. The summed E-state index contributed by atoms with van der Waals surface area (Å²) in [4.78, 5) is 17.3. The molecule has 0 amide bonds. The number of hydrogen-bond acceptors (Lipinski definition) is 4. The van der Waals surface area contributed by atoms with Gasteiger partial charge in [-0.2, -0.15) is 0 Å². The Morgan fingerprint density at radius 1 is 1.17 bits per heavy atom. The molecule has 0 bridgehead atoms. The van der Waals surface area contributed by atoms with Crippen LogP contribution in [0.25, 0.3) is 0 Å². The minimum absolute atomic E-state index is 0.0782. The monoisotopic (exact) mass is 427 g/mol. The summed E-state index contributed by atoms with van der Waals surface area (Å²) in [5.41, 5.74) is 2.74. The van der Waals surface area contributed by atoms with Crippen molar-refractivity contribution in [2.45, 2.75) is 38.7 Å². The van der Waals surface area contributed by atoms with Gasteiger partial charge in [0.05, 0.1) is 15.9 Å². The first-order valence-corrected chi connectivity index (χ1v) is 10.7. The van der Waals surface area contributed by atoms with E-state index in [1.54, 1.807) is 11.8 Å². The summed E-state index contributed by atoms with van der Waals surface area (Å²) in [6, 6.07) is 15.7. The number of aliphatic imine (C=N–C) groups is 1. The Kier molecular flexibility index (Phi) is 5.56. The molecule has 1 atom stereocenters. The highest BCUT2D eigenvalue weighted by molar-refractivity contribution is 8.14. The fraction of sp³-hybridized carbons (Fsp3) is 0.273. The predicted octanol–water partition coefficient (Wildman–Crippen LogP) is 5.88. The SMILES string of the molecule is CC1=Nc2c(c(=O)[nH]n2C(C)C)[C@@H](c2ccc(OCc3ccc(Cl)cc3)cc2)S1. The fourth-order valence-electron chi connectivity index (χ4n) is 3.30. The van der Waals surface area contributed by atoms with Gasteiger partial charge < -0.3 is 4.74 Å². The third-order valence-corrected chi connectivity index (χ3v) is 6.20. The Labute approximate surface area is 178 Å². The Morgan fingerprint density at radius 3 is 2.52 bits per heavy atom. The predicted molar refractivity (Wildman–Crippen MR) is 120 cm³/mol. The maximum atomic E-state index is 12.6. The molecule has 0 unspecified atom stereocenters. The van der Waals surface area contributed by atoms with Crippen LogP contribution in [0.3, 0.4) is 0 Å². The second-order valence-corrected chi connectivity index (χ2v) is 8.99. The topological polar surface area (TPSA) is 59.4 Å². The zero-order chi connectivity index (χ0) is 20.5. The summed E-state index contributed by atoms with van der Waals surface area (Å²) in [5.74, 6) is 1.51. The normalized spacial score (nSPS) is 15.9. The van der Waals surface area contributed by atoms with Crippen molar-refractivity contribution in [2.24, 2.45) is 4.99 Å². The summed E-state index contributed by atoms with van der Waals surface area (Å²) in [5, 5.41) is 4.50. The van der Waals surface area contributed by atoms with Gasteiger partial charge >= 0.3 is 0 Å². The molecule has 2 aromatic carbocycles. The van der Waals surface area contributed by atoms with Crippen molar-refractivity contribution in [2.75, 3.05) is 0 Å². The van der Waals surface area contributed by atoms with Crippen LogP contribution in [-0.4, -0.2) is 14.8 Å². The lowest BCUT2D eigenvalue weighted by molar-refractivity contribution is 0.306. The molecule has 0 spiro atoms. The molecule has 0 saturated carbocycles. The third-order valence-electron chi connectivity index (χ3n) is 4.77. The quantitative estimate of drug-likeness (QED) is 0.553. The number of nitrogens with zero attached hydrogens (tertiary/aromatic N) is 2. The second kappa shape index (κ2) is 8.13. The van der Waals surface area contributed by atoms with Gasteiger partial charge in [0.1, 0.15) is 12.4 Å². The number of thioether (sulfide) groups is 1. The summed E-state index contributed by atoms with van der Waals surface area (Å²) in [6.07, 6.45) is 0. The van der Waals surface area contributed by atoms with E-state index in [4.69, 9.17) is 16.3 Å². The molecule has 2 heterocycles. The van der Waals surface area contributed by atoms with E-state index in [0.717, 1.165) is 27.7 Å². The molecule has 29 heavy (non-hydrogen) atoms. The number of aromatic nitrogens is 2. The van der Waals surface area contributed by atoms with E-state index in [1.165, 1.54) is 0 Å². The molecule has 1 aliphatic rings. The van der Waals surface area contributed by atoms with Gasteiger partial charge in [-0.25, -0.2) is 4.99 Å². The van der Waals surface area contributed by atoms with Crippen molar-refractivity contribution < 1.29 is 4.74 Å². The molecule has 0 aliphatic carbocycles. The number of hydrogen-bond donors (Lipinski definition) is 1. The molecule has 0 fully saturated rings. The third kappa shape index (κ3) is 4.14. The number of nitrogens with one attached hydrogen (secondary N) is 1. The molecule has 150 valence electrons. The van der Waals surface area contributed by atoms with Crippen LogP contribution < -0.4 is 10.3 Å². The molecule has 5 nitrogen and oxygen atoms in total. The van der Waals surface area contributed by atoms with Crippen LogP contribution in [0.4, 0.5) is 5.82 Å². The Hall–Kier alpha value is -2.44. The Balaban J connectivity index is 1.56. The number of aromatic amines is 1. The number of benzene rings is 2. The first kappa shape index (κ1) is 19.9. The van der Waals surface area contributed by atoms with Crippen molar-refractivity contribution in [1.82, 2.24) is 9.78 Å². The molecular weight excluding hydrogens is 406 g/mol. The van der Waals surface area contributed by atoms with Gasteiger partial charge in [0.15, 0.2) is 5.82 Å². The van der Waals surface area contributed by atoms with E-state index in [1.807, 2.05) is 74.0 Å². The molecule has 0 radical (unpaired) electrons. The zero-order valence-electron chi connectivity index (χ0n) is 16.5. The fourth-order valence-corrected chi connectivity index (χ4v) is 4.53. The van der Waals surface area contributed by atoms with Crippen LogP contribution in [0.1, 0.15) is 48.8 Å². The lowest BCUT2D eigenvalue weighted by Gasteiger charge is -2.21. The van der Waals surface area contributed by atoms with Gasteiger partial charge in [0.2, 0.25) is 0 Å². The van der Waals surface area contributed by atoms with Gasteiger partial charge in [-0.1, -0.05) is 47.6 Å². The lowest BCUT2D eigenvalue weighted by atomic mass is 10.1. The summed E-state index contributed by atoms with van der Waals surface area (Å²) < 4.78 is 7.72. The van der Waals surface area contributed by atoms with Crippen molar-refractivity contribution in [1.29, 1.82) is 0 Å². The van der Waals surface area contributed by atoms with Crippen LogP contribution in [0.2, 0.25) is 5.02 Å². The highest BCUT2D eigenvalue weighted by Gasteiger charge is 2.30. The first-order valence-electron chi connectivity index (χ1n) is 9.46. The van der Waals surface area contributed by atoms with Crippen LogP contribution in [0.5, 0.6) is 5.75 Å². The molecule has 1 N–H and O–H groups in total. The van der Waals surface area contributed by atoms with E-state index in [9.17, 15) is 4.79 Å². The largest absolute Gasteiger partial charge is 0.489 e. The van der Waals surface area contributed by atoms with Gasteiger partial charge in [-0.15, -0.1) is 0 Å². The van der Waals surface area contributed by atoms with E-state index >= 15 is 0 Å². The summed E-state index contributed by atoms with van der Waals surface area (Å²) >= 11 is 7.52. The zero-order valence-corrected chi connectivity index (χ0v) is 18.1. The molecule has 4 rings (SSSR count). The van der Waals surface area contributed by atoms with Crippen molar-refractivity contribution in [3.63, 3.8) is 0 Å². The van der Waals surface area contributed by atoms with Gasteiger partial charge in [0, 0.05) is 11.1 Å². The Morgan fingerprint density at radius 2 is 1.86 bits per heavy atom. The average Bonchev–Trinajstić information content (AvgIpc) is 3.04. The van der Waals surface area contributed by atoms with E-state index in [-0.39, 0.29) is 16.9 Å². The number of rotatable bonds is 5. The smallest absolute Gasteiger partial charge is 0.271 e. The van der Waals surface area contributed by atoms with Crippen molar-refractivity contribution in [3.8, 4) is 5.75 Å². The minimum Gasteiger partial charge on any atom is -0.489 e. The highest BCUT2D eigenvalue weighted by atomic mass is 35.5. The van der Waals surface area contributed by atoms with Gasteiger partial charge in [0.25, 0.3) is 5.56 Å². The second-order valence-electron chi connectivity index (χ2n) is 7.25. The standard InChI is InChI=1S/C22H22ClN3O2S/c1-13(2)26-21-19(22(27)25-26)20(29-14(3)24-21)16-6-10-18(11-7-16)28-12-15-4-8-17(23)9-5-15/h4-11,13,20H,12H2,1-3H3,(H,25,27)/t20-/m1/s1. The first-order chi connectivity index (χ1) is 13.9. The molecule has 7 heteroatoms. The highest BCUT2D eigenvalue weighted by Crippen LogP contribution is 2.44. The summed E-state index contributed by atoms with van der Waals surface area (Å²) in [7, 11) is 0. The van der Waals surface area contributed by atoms with Crippen molar-refractivity contribution >= 4 is 34.2 Å². The maximum Gasteiger partial charge on any atom is 0.271 e. The molecular formula is C22H22ClN3O2S. The molecule has 1 aromatic heterocycles. The van der Waals surface area contributed by atoms with Gasteiger partial charge in [-0.3, -0.25) is 14.6 Å². The van der Waals surface area contributed by atoms with Crippen LogP contribution in [0, 0.1) is 0 Å². The van der Waals surface area contributed by atoms with Crippen LogP contribution >= 0.6 is 23.4 Å². The van der Waals surface area contributed by atoms with E-state index in [0.29, 0.717) is 17.2 Å². The van der Waals surface area contributed by atoms with E-state index < -0.39 is 0 Å². The minimum atomic E-state index is -0.0865. The molecule has 3 aromatic rings. The number of halogens is 1. The van der Waals surface area contributed by atoms with Crippen molar-refractivity contribution in [3.05, 3.63) is 80.6 Å². The number of ether oxygens (including phenoxy) is 1. The average molecular weight is 428 g/mol. The van der Waals surface area contributed by atoms with E-state index in [2.05, 4.69) is 10.1 Å². The van der Waals surface area contributed by atoms with Gasteiger partial charge in [-0.05, 0) is 56.2 Å². The maximum absolute atomic E-state index is 12.6. The lowest BCUT2D eigenvalue weighted by Crippen LogP contribution is -2.13. The number of H-pyrrole nitrogens is 1.